The molecule has 0 saturated heterocycles. The zero-order valence-electron chi connectivity index (χ0n) is 14.5. The van der Waals surface area contributed by atoms with E-state index in [-0.39, 0.29) is 11.7 Å². The van der Waals surface area contributed by atoms with Crippen molar-refractivity contribution in [3.05, 3.63) is 89.9 Å². The summed E-state index contributed by atoms with van der Waals surface area (Å²) in [7, 11) is 0. The van der Waals surface area contributed by atoms with E-state index in [2.05, 4.69) is 15.6 Å². The molecule has 0 spiro atoms. The minimum atomic E-state index is -0.272. The van der Waals surface area contributed by atoms with Crippen molar-refractivity contribution in [3.63, 3.8) is 0 Å². The normalized spacial score (nSPS) is 10.7. The summed E-state index contributed by atoms with van der Waals surface area (Å²) in [6.45, 7) is 0.545. The van der Waals surface area contributed by atoms with Gasteiger partial charge in [-0.05, 0) is 53.6 Å². The number of nitrogens with two attached hydrogens (primary N) is 1. The van der Waals surface area contributed by atoms with Gasteiger partial charge in [-0.25, -0.2) is 9.37 Å². The fraction of sp³-hybridized carbons (Fsp3) is 0.0476. The van der Waals surface area contributed by atoms with Crippen LogP contribution in [0.1, 0.15) is 11.1 Å². The lowest BCUT2D eigenvalue weighted by Gasteiger charge is -2.06. The molecule has 0 bridgehead atoms. The Bertz CT molecular complexity index is 937. The maximum Gasteiger partial charge on any atom is 0.248 e. The van der Waals surface area contributed by atoms with E-state index >= 15 is 0 Å². The van der Waals surface area contributed by atoms with Gasteiger partial charge in [0.25, 0.3) is 0 Å². The van der Waals surface area contributed by atoms with Crippen LogP contribution in [0.15, 0.2) is 72.9 Å². The number of halogens is 1. The van der Waals surface area contributed by atoms with Crippen LogP contribution >= 0.6 is 0 Å². The Morgan fingerprint density at radius 1 is 1.07 bits per heavy atom. The molecule has 2 aromatic carbocycles. The molecule has 0 aliphatic rings. The highest BCUT2D eigenvalue weighted by Gasteiger charge is 2.01. The van der Waals surface area contributed by atoms with Gasteiger partial charge in [-0.2, -0.15) is 0 Å². The number of aromatic nitrogens is 1. The molecule has 0 atom stereocenters. The second kappa shape index (κ2) is 8.62. The van der Waals surface area contributed by atoms with Gasteiger partial charge >= 0.3 is 0 Å². The lowest BCUT2D eigenvalue weighted by Crippen LogP contribution is -2.09. The minimum absolute atomic E-state index is 0.257. The molecule has 6 heteroatoms. The SMILES string of the molecule is Nc1ccccc1NC(=O)C=Cc1ccc(NCc2ccc(F)cc2)nc1. The molecule has 1 amide bonds. The Morgan fingerprint density at radius 2 is 1.85 bits per heavy atom. The van der Waals surface area contributed by atoms with Gasteiger partial charge in [-0.15, -0.1) is 0 Å². The largest absolute Gasteiger partial charge is 0.397 e. The van der Waals surface area contributed by atoms with Crippen LogP contribution in [0.4, 0.5) is 21.6 Å². The highest BCUT2D eigenvalue weighted by atomic mass is 19.1. The van der Waals surface area contributed by atoms with Crippen LogP contribution in [-0.4, -0.2) is 10.9 Å². The molecule has 27 heavy (non-hydrogen) atoms. The smallest absolute Gasteiger partial charge is 0.248 e. The first kappa shape index (κ1) is 18.1. The predicted octanol–water partition coefficient (Wildman–Crippen LogP) is 4.07. The van der Waals surface area contributed by atoms with Crippen molar-refractivity contribution < 1.29 is 9.18 Å². The van der Waals surface area contributed by atoms with E-state index in [9.17, 15) is 9.18 Å². The molecule has 1 aromatic heterocycles. The van der Waals surface area contributed by atoms with Crippen LogP contribution in [0.3, 0.4) is 0 Å². The number of nitrogens with zero attached hydrogens (tertiary/aromatic N) is 1. The standard InChI is InChI=1S/C21H19FN4O/c22-17-9-5-15(6-10-17)13-24-20-11-7-16(14-25-20)8-12-21(27)26-19-4-2-1-3-18(19)23/h1-12,14H,13,23H2,(H,24,25)(H,26,27). The van der Waals surface area contributed by atoms with Crippen molar-refractivity contribution in [3.8, 4) is 0 Å². The maximum atomic E-state index is 12.9. The summed E-state index contributed by atoms with van der Waals surface area (Å²) in [5.41, 5.74) is 8.63. The third kappa shape index (κ3) is 5.40. The number of para-hydroxylation sites is 2. The van der Waals surface area contributed by atoms with E-state index in [1.54, 1.807) is 48.7 Å². The third-order valence-corrected chi connectivity index (χ3v) is 3.82. The van der Waals surface area contributed by atoms with Crippen LogP contribution in [0.25, 0.3) is 6.08 Å². The summed E-state index contributed by atoms with van der Waals surface area (Å²) in [6.07, 6.45) is 4.76. The van der Waals surface area contributed by atoms with E-state index in [0.717, 1.165) is 11.1 Å². The number of amides is 1. The summed E-state index contributed by atoms with van der Waals surface area (Å²) in [5, 5.41) is 5.88. The van der Waals surface area contributed by atoms with Crippen LogP contribution in [0, 0.1) is 5.82 Å². The van der Waals surface area contributed by atoms with Gasteiger partial charge < -0.3 is 16.4 Å². The van der Waals surface area contributed by atoms with Crippen molar-refractivity contribution >= 4 is 29.2 Å². The van der Waals surface area contributed by atoms with Crippen molar-refractivity contribution in [1.29, 1.82) is 0 Å². The van der Waals surface area contributed by atoms with E-state index in [1.165, 1.54) is 18.2 Å². The predicted molar refractivity (Wildman–Crippen MR) is 106 cm³/mol. The zero-order chi connectivity index (χ0) is 19.1. The van der Waals surface area contributed by atoms with Gasteiger partial charge in [0, 0.05) is 18.8 Å². The van der Waals surface area contributed by atoms with Gasteiger partial charge in [-0.1, -0.05) is 24.3 Å². The number of nitrogen functional groups attached to an aromatic ring is 1. The number of hydrogen-bond donors (Lipinski definition) is 3. The Labute approximate surface area is 156 Å². The first-order valence-corrected chi connectivity index (χ1v) is 8.38. The number of hydrogen-bond acceptors (Lipinski definition) is 4. The molecule has 0 aliphatic heterocycles. The Balaban J connectivity index is 1.53. The van der Waals surface area contributed by atoms with E-state index in [4.69, 9.17) is 5.73 Å². The molecule has 0 unspecified atom stereocenters. The Morgan fingerprint density at radius 3 is 2.56 bits per heavy atom. The van der Waals surface area contributed by atoms with E-state index in [1.807, 2.05) is 12.1 Å². The molecule has 0 fully saturated rings. The summed E-state index contributed by atoms with van der Waals surface area (Å²) < 4.78 is 12.9. The highest BCUT2D eigenvalue weighted by Crippen LogP contribution is 2.16. The second-order valence-corrected chi connectivity index (χ2v) is 5.87. The third-order valence-electron chi connectivity index (χ3n) is 3.82. The lowest BCUT2D eigenvalue weighted by atomic mass is 10.2. The zero-order valence-corrected chi connectivity index (χ0v) is 14.5. The number of carbonyl (C=O) groups is 1. The topological polar surface area (TPSA) is 80.0 Å². The van der Waals surface area contributed by atoms with Crippen molar-refractivity contribution in [2.24, 2.45) is 0 Å². The van der Waals surface area contributed by atoms with Crippen LogP contribution in [-0.2, 0) is 11.3 Å². The van der Waals surface area contributed by atoms with Crippen molar-refractivity contribution in [2.75, 3.05) is 16.4 Å². The van der Waals surface area contributed by atoms with E-state index < -0.39 is 0 Å². The number of benzene rings is 2. The molecule has 3 aromatic rings. The van der Waals surface area contributed by atoms with Crippen LogP contribution < -0.4 is 16.4 Å². The fourth-order valence-electron chi connectivity index (χ4n) is 2.36. The average molecular weight is 362 g/mol. The molecule has 0 radical (unpaired) electrons. The summed E-state index contributed by atoms with van der Waals surface area (Å²) >= 11 is 0. The quantitative estimate of drug-likeness (QED) is 0.456. The molecular formula is C21H19FN4O. The molecule has 4 N–H and O–H groups in total. The number of anilines is 3. The summed E-state index contributed by atoms with van der Waals surface area (Å²) in [5.74, 6) is 0.163. The van der Waals surface area contributed by atoms with Gasteiger partial charge in [0.2, 0.25) is 5.91 Å². The van der Waals surface area contributed by atoms with Gasteiger partial charge in [0.1, 0.15) is 11.6 Å². The molecule has 5 nitrogen and oxygen atoms in total. The molecule has 0 aliphatic carbocycles. The lowest BCUT2D eigenvalue weighted by molar-refractivity contribution is -0.111. The number of carbonyl (C=O) groups excluding carboxylic acids is 1. The van der Waals surface area contributed by atoms with Crippen LogP contribution in [0.2, 0.25) is 0 Å². The number of pyridine rings is 1. The van der Waals surface area contributed by atoms with Gasteiger partial charge in [0.05, 0.1) is 11.4 Å². The first-order valence-electron chi connectivity index (χ1n) is 8.38. The summed E-state index contributed by atoms with van der Waals surface area (Å²) in [6, 6.07) is 17.0. The highest BCUT2D eigenvalue weighted by molar-refractivity contribution is 6.03. The maximum absolute atomic E-state index is 12.9. The molecule has 3 rings (SSSR count). The number of nitrogens with one attached hydrogen (secondary N) is 2. The van der Waals surface area contributed by atoms with Crippen LogP contribution in [0.5, 0.6) is 0 Å². The Kier molecular flexibility index (Phi) is 5.79. The minimum Gasteiger partial charge on any atom is -0.397 e. The molecular weight excluding hydrogens is 343 g/mol. The van der Waals surface area contributed by atoms with Crippen molar-refractivity contribution in [2.45, 2.75) is 6.54 Å². The molecule has 136 valence electrons. The van der Waals surface area contributed by atoms with E-state index in [0.29, 0.717) is 23.7 Å². The van der Waals surface area contributed by atoms with Gasteiger partial charge in [-0.3, -0.25) is 4.79 Å². The van der Waals surface area contributed by atoms with Gasteiger partial charge in [0.15, 0.2) is 0 Å². The van der Waals surface area contributed by atoms with Crippen molar-refractivity contribution in [1.82, 2.24) is 4.98 Å². The first-order chi connectivity index (χ1) is 13.1. The number of rotatable bonds is 6. The monoisotopic (exact) mass is 362 g/mol. The summed E-state index contributed by atoms with van der Waals surface area (Å²) in [4.78, 5) is 16.3. The fourth-order valence-corrected chi connectivity index (χ4v) is 2.36. The second-order valence-electron chi connectivity index (χ2n) is 5.87. The molecule has 0 saturated carbocycles. The molecule has 1 heterocycles. The Hall–Kier alpha value is -3.67. The average Bonchev–Trinajstić information content (AvgIpc) is 2.68.